The first-order chi connectivity index (χ1) is 9.31. The number of benzene rings is 2. The zero-order valence-electron chi connectivity index (χ0n) is 9.97. The van der Waals surface area contributed by atoms with Gasteiger partial charge in [0.1, 0.15) is 0 Å². The van der Waals surface area contributed by atoms with Gasteiger partial charge in [0.2, 0.25) is 6.79 Å². The third kappa shape index (κ3) is 2.80. The maximum Gasteiger partial charge on any atom is 0.231 e. The summed E-state index contributed by atoms with van der Waals surface area (Å²) in [6, 6.07) is 13.0. The lowest BCUT2D eigenvalue weighted by molar-refractivity contribution is 0.174. The maximum atomic E-state index is 5.88. The standard InChI is InChI=1S/C14H11ClN2O2/c15-11-2-1-3-12(7-11)17-16-8-10-4-5-13-14(6-10)19-9-18-13/h1-8,17H,9H2. The lowest BCUT2D eigenvalue weighted by Crippen LogP contribution is -1.93. The van der Waals surface area contributed by atoms with Crippen LogP contribution in [0.2, 0.25) is 5.02 Å². The number of fused-ring (bicyclic) bond motifs is 1. The molecule has 0 saturated heterocycles. The van der Waals surface area contributed by atoms with E-state index >= 15 is 0 Å². The van der Waals surface area contributed by atoms with Crippen LogP contribution in [0.5, 0.6) is 11.5 Å². The highest BCUT2D eigenvalue weighted by atomic mass is 35.5. The Morgan fingerprint density at radius 2 is 2.00 bits per heavy atom. The van der Waals surface area contributed by atoms with E-state index in [1.165, 1.54) is 0 Å². The van der Waals surface area contributed by atoms with Crippen molar-refractivity contribution in [3.05, 3.63) is 53.1 Å². The van der Waals surface area contributed by atoms with Crippen LogP contribution in [-0.4, -0.2) is 13.0 Å². The van der Waals surface area contributed by atoms with Crippen molar-refractivity contribution in [1.82, 2.24) is 0 Å². The Bertz CT molecular complexity index is 629. The molecule has 0 fully saturated rings. The van der Waals surface area contributed by atoms with Crippen molar-refractivity contribution < 1.29 is 9.47 Å². The number of nitrogens with one attached hydrogen (secondary N) is 1. The van der Waals surface area contributed by atoms with E-state index in [-0.39, 0.29) is 6.79 Å². The maximum absolute atomic E-state index is 5.88. The van der Waals surface area contributed by atoms with E-state index in [1.807, 2.05) is 36.4 Å². The summed E-state index contributed by atoms with van der Waals surface area (Å²) in [5.74, 6) is 1.51. The van der Waals surface area contributed by atoms with Gasteiger partial charge in [-0.1, -0.05) is 17.7 Å². The molecule has 0 radical (unpaired) electrons. The number of hydrogen-bond donors (Lipinski definition) is 1. The second-order valence-corrected chi connectivity index (χ2v) is 4.43. The number of anilines is 1. The molecule has 0 unspecified atom stereocenters. The lowest BCUT2D eigenvalue weighted by Gasteiger charge is -2.00. The second kappa shape index (κ2) is 5.20. The first-order valence-corrected chi connectivity index (χ1v) is 6.13. The molecule has 0 bridgehead atoms. The summed E-state index contributed by atoms with van der Waals surface area (Å²) >= 11 is 5.88. The van der Waals surface area contributed by atoms with Gasteiger partial charge in [0, 0.05) is 5.02 Å². The van der Waals surface area contributed by atoms with Gasteiger partial charge in [-0.05, 0) is 42.0 Å². The Labute approximate surface area is 115 Å². The highest BCUT2D eigenvalue weighted by Crippen LogP contribution is 2.31. The predicted molar refractivity (Wildman–Crippen MR) is 75.2 cm³/mol. The fraction of sp³-hybridized carbons (Fsp3) is 0.0714. The molecule has 0 amide bonds. The van der Waals surface area contributed by atoms with Crippen LogP contribution in [0.25, 0.3) is 0 Å². The Morgan fingerprint density at radius 1 is 1.11 bits per heavy atom. The summed E-state index contributed by atoms with van der Waals surface area (Å²) in [6.45, 7) is 0.274. The number of hydrazone groups is 1. The van der Waals surface area contributed by atoms with Crippen LogP contribution in [-0.2, 0) is 0 Å². The van der Waals surface area contributed by atoms with Crippen LogP contribution in [0, 0.1) is 0 Å². The zero-order valence-corrected chi connectivity index (χ0v) is 10.7. The third-order valence-corrected chi connectivity index (χ3v) is 2.86. The fourth-order valence-electron chi connectivity index (χ4n) is 1.73. The molecule has 2 aromatic rings. The minimum atomic E-state index is 0.274. The molecule has 1 N–H and O–H groups in total. The first kappa shape index (κ1) is 11.9. The van der Waals surface area contributed by atoms with Crippen LogP contribution in [0.15, 0.2) is 47.6 Å². The quantitative estimate of drug-likeness (QED) is 0.688. The first-order valence-electron chi connectivity index (χ1n) is 5.75. The molecule has 0 aliphatic carbocycles. The summed E-state index contributed by atoms with van der Waals surface area (Å²) < 4.78 is 10.5. The number of rotatable bonds is 3. The van der Waals surface area contributed by atoms with Gasteiger partial charge in [-0.2, -0.15) is 5.10 Å². The molecule has 1 aliphatic heterocycles. The van der Waals surface area contributed by atoms with Crippen molar-refractivity contribution in [2.45, 2.75) is 0 Å². The highest BCUT2D eigenvalue weighted by Gasteiger charge is 2.12. The number of halogens is 1. The molecule has 2 aromatic carbocycles. The van der Waals surface area contributed by atoms with E-state index < -0.39 is 0 Å². The van der Waals surface area contributed by atoms with E-state index in [0.717, 1.165) is 22.7 Å². The van der Waals surface area contributed by atoms with Crippen LogP contribution < -0.4 is 14.9 Å². The van der Waals surface area contributed by atoms with Gasteiger partial charge in [-0.3, -0.25) is 5.43 Å². The molecule has 96 valence electrons. The van der Waals surface area contributed by atoms with Gasteiger partial charge in [0.05, 0.1) is 11.9 Å². The minimum absolute atomic E-state index is 0.274. The van der Waals surface area contributed by atoms with Crippen LogP contribution in [0.1, 0.15) is 5.56 Å². The second-order valence-electron chi connectivity index (χ2n) is 3.99. The summed E-state index contributed by atoms with van der Waals surface area (Å²) in [5, 5.41) is 4.82. The monoisotopic (exact) mass is 274 g/mol. The third-order valence-electron chi connectivity index (χ3n) is 2.63. The number of ether oxygens (including phenoxy) is 2. The Morgan fingerprint density at radius 3 is 2.89 bits per heavy atom. The van der Waals surface area contributed by atoms with Crippen LogP contribution in [0.4, 0.5) is 5.69 Å². The molecular formula is C14H11ClN2O2. The summed E-state index contributed by atoms with van der Waals surface area (Å²) in [4.78, 5) is 0. The number of hydrogen-bond acceptors (Lipinski definition) is 4. The van der Waals surface area contributed by atoms with Crippen molar-refractivity contribution in [3.63, 3.8) is 0 Å². The average molecular weight is 275 g/mol. The van der Waals surface area contributed by atoms with Gasteiger partial charge in [0.25, 0.3) is 0 Å². The molecule has 0 saturated carbocycles. The van der Waals surface area contributed by atoms with Crippen molar-refractivity contribution in [1.29, 1.82) is 0 Å². The minimum Gasteiger partial charge on any atom is -0.454 e. The largest absolute Gasteiger partial charge is 0.454 e. The van der Waals surface area contributed by atoms with Crippen LogP contribution >= 0.6 is 11.6 Å². The van der Waals surface area contributed by atoms with Gasteiger partial charge < -0.3 is 9.47 Å². The Kier molecular flexibility index (Phi) is 3.25. The van der Waals surface area contributed by atoms with E-state index in [2.05, 4.69) is 10.5 Å². The van der Waals surface area contributed by atoms with Crippen molar-refractivity contribution in [2.75, 3.05) is 12.2 Å². The topological polar surface area (TPSA) is 42.9 Å². The summed E-state index contributed by atoms with van der Waals surface area (Å²) in [5.41, 5.74) is 4.68. The normalized spacial score (nSPS) is 12.9. The molecule has 19 heavy (non-hydrogen) atoms. The molecule has 0 aromatic heterocycles. The highest BCUT2D eigenvalue weighted by molar-refractivity contribution is 6.30. The molecule has 3 rings (SSSR count). The Balaban J connectivity index is 1.69. The molecule has 1 aliphatic rings. The average Bonchev–Trinajstić information content (AvgIpc) is 2.86. The molecule has 4 nitrogen and oxygen atoms in total. The van der Waals surface area contributed by atoms with Crippen molar-refractivity contribution in [3.8, 4) is 11.5 Å². The molecular weight excluding hydrogens is 264 g/mol. The van der Waals surface area contributed by atoms with Crippen LogP contribution in [0.3, 0.4) is 0 Å². The Hall–Kier alpha value is -2.20. The van der Waals surface area contributed by atoms with Crippen molar-refractivity contribution in [2.24, 2.45) is 5.10 Å². The van der Waals surface area contributed by atoms with E-state index in [9.17, 15) is 0 Å². The molecule has 0 atom stereocenters. The number of nitrogens with zero attached hydrogens (tertiary/aromatic N) is 1. The van der Waals surface area contributed by atoms with E-state index in [4.69, 9.17) is 21.1 Å². The lowest BCUT2D eigenvalue weighted by atomic mass is 10.2. The summed E-state index contributed by atoms with van der Waals surface area (Å²) in [6.07, 6.45) is 1.71. The van der Waals surface area contributed by atoms with E-state index in [0.29, 0.717) is 5.02 Å². The predicted octanol–water partition coefficient (Wildman–Crippen LogP) is 3.51. The molecule has 0 spiro atoms. The van der Waals surface area contributed by atoms with Gasteiger partial charge >= 0.3 is 0 Å². The zero-order chi connectivity index (χ0) is 13.1. The van der Waals surface area contributed by atoms with Gasteiger partial charge in [0.15, 0.2) is 11.5 Å². The fourth-order valence-corrected chi connectivity index (χ4v) is 1.92. The molecule has 1 heterocycles. The SMILES string of the molecule is Clc1cccc(NN=Cc2ccc3c(c2)OCO3)c1. The van der Waals surface area contributed by atoms with Gasteiger partial charge in [-0.15, -0.1) is 0 Å². The van der Waals surface area contributed by atoms with Gasteiger partial charge in [-0.25, -0.2) is 0 Å². The van der Waals surface area contributed by atoms with E-state index in [1.54, 1.807) is 12.3 Å². The molecule has 5 heteroatoms. The smallest absolute Gasteiger partial charge is 0.231 e. The van der Waals surface area contributed by atoms with Crippen molar-refractivity contribution >= 4 is 23.5 Å². The summed E-state index contributed by atoms with van der Waals surface area (Å²) in [7, 11) is 0.